The van der Waals surface area contributed by atoms with Crippen LogP contribution >= 0.6 is 0 Å². The fourth-order valence-electron chi connectivity index (χ4n) is 2.03. The van der Waals surface area contributed by atoms with Crippen molar-refractivity contribution in [1.82, 2.24) is 25.5 Å². The molecule has 0 radical (unpaired) electrons. The molecule has 1 heterocycles. The van der Waals surface area contributed by atoms with Gasteiger partial charge in [0.2, 0.25) is 0 Å². The Bertz CT molecular complexity index is 506. The lowest BCUT2D eigenvalue weighted by molar-refractivity contribution is 0.534. The van der Waals surface area contributed by atoms with Gasteiger partial charge in [0.15, 0.2) is 5.82 Å². The third-order valence-electron chi connectivity index (χ3n) is 2.83. The van der Waals surface area contributed by atoms with E-state index in [0.717, 1.165) is 18.8 Å². The zero-order chi connectivity index (χ0) is 13.0. The third-order valence-corrected chi connectivity index (χ3v) is 2.83. The van der Waals surface area contributed by atoms with Crippen molar-refractivity contribution in [2.75, 3.05) is 6.54 Å². The molecule has 5 heteroatoms. The van der Waals surface area contributed by atoms with Crippen molar-refractivity contribution >= 4 is 0 Å². The number of aromatic nitrogens is 4. The second-order valence-corrected chi connectivity index (χ2v) is 4.42. The number of nitrogens with zero attached hydrogens (tertiary/aromatic N) is 4. The topological polar surface area (TPSA) is 55.6 Å². The highest BCUT2D eigenvalue weighted by atomic mass is 15.6. The van der Waals surface area contributed by atoms with Gasteiger partial charge in [-0.25, -0.2) is 0 Å². The van der Waals surface area contributed by atoms with E-state index in [-0.39, 0.29) is 6.04 Å². The van der Waals surface area contributed by atoms with E-state index in [4.69, 9.17) is 0 Å². The molecule has 2 rings (SSSR count). The van der Waals surface area contributed by atoms with Crippen LogP contribution in [0.4, 0.5) is 0 Å². The van der Waals surface area contributed by atoms with Gasteiger partial charge in [-0.15, -0.1) is 10.2 Å². The lowest BCUT2D eigenvalue weighted by Gasteiger charge is -2.17. The van der Waals surface area contributed by atoms with Crippen LogP contribution in [0.2, 0.25) is 0 Å². The van der Waals surface area contributed by atoms with Gasteiger partial charge in [0.25, 0.3) is 0 Å². The molecule has 96 valence electrons. The van der Waals surface area contributed by atoms with E-state index >= 15 is 0 Å². The number of benzene rings is 1. The van der Waals surface area contributed by atoms with Crippen molar-refractivity contribution in [2.24, 2.45) is 7.05 Å². The van der Waals surface area contributed by atoms with Crippen LogP contribution in [0.5, 0.6) is 0 Å². The van der Waals surface area contributed by atoms with E-state index in [0.29, 0.717) is 0 Å². The maximum Gasteiger partial charge on any atom is 0.176 e. The molecule has 1 unspecified atom stereocenters. The van der Waals surface area contributed by atoms with Gasteiger partial charge in [0.1, 0.15) is 0 Å². The highest BCUT2D eigenvalue weighted by Crippen LogP contribution is 2.17. The van der Waals surface area contributed by atoms with Gasteiger partial charge in [0, 0.05) is 12.5 Å². The third kappa shape index (κ3) is 3.13. The first-order chi connectivity index (χ1) is 8.69. The Morgan fingerprint density at radius 2 is 2.22 bits per heavy atom. The summed E-state index contributed by atoms with van der Waals surface area (Å²) in [5, 5.41) is 15.6. The average molecular weight is 245 g/mol. The number of rotatable bonds is 5. The van der Waals surface area contributed by atoms with Gasteiger partial charge in [-0.2, -0.15) is 4.80 Å². The summed E-state index contributed by atoms with van der Waals surface area (Å²) in [6.07, 6.45) is 0.755. The van der Waals surface area contributed by atoms with Gasteiger partial charge in [-0.3, -0.25) is 0 Å². The summed E-state index contributed by atoms with van der Waals surface area (Å²) in [7, 11) is 1.78. The summed E-state index contributed by atoms with van der Waals surface area (Å²) < 4.78 is 0. The minimum Gasteiger partial charge on any atom is -0.310 e. The Hall–Kier alpha value is -1.75. The second-order valence-electron chi connectivity index (χ2n) is 4.42. The molecular formula is C13H19N5. The molecule has 0 fully saturated rings. The first-order valence-electron chi connectivity index (χ1n) is 6.22. The summed E-state index contributed by atoms with van der Waals surface area (Å²) in [5.74, 6) is 0.768. The molecule has 0 aliphatic heterocycles. The minimum absolute atomic E-state index is 0.235. The largest absolute Gasteiger partial charge is 0.310 e. The lowest BCUT2D eigenvalue weighted by Crippen LogP contribution is -2.23. The predicted molar refractivity (Wildman–Crippen MR) is 70.1 cm³/mol. The zero-order valence-electron chi connectivity index (χ0n) is 11.1. The van der Waals surface area contributed by atoms with Gasteiger partial charge in [0.05, 0.1) is 7.05 Å². The molecule has 1 aromatic carbocycles. The summed E-state index contributed by atoms with van der Waals surface area (Å²) in [4.78, 5) is 1.49. The number of tetrazole rings is 1. The van der Waals surface area contributed by atoms with Crippen molar-refractivity contribution in [1.29, 1.82) is 0 Å². The van der Waals surface area contributed by atoms with Crippen LogP contribution in [-0.2, 0) is 13.5 Å². The molecule has 1 aromatic heterocycles. The Labute approximate surface area is 107 Å². The van der Waals surface area contributed by atoms with Crippen molar-refractivity contribution < 1.29 is 0 Å². The number of hydrogen-bond acceptors (Lipinski definition) is 4. The highest BCUT2D eigenvalue weighted by Gasteiger charge is 2.14. The Morgan fingerprint density at radius 3 is 2.83 bits per heavy atom. The van der Waals surface area contributed by atoms with Crippen molar-refractivity contribution in [2.45, 2.75) is 26.3 Å². The molecule has 18 heavy (non-hydrogen) atoms. The normalized spacial score (nSPS) is 12.6. The summed E-state index contributed by atoms with van der Waals surface area (Å²) in [5.41, 5.74) is 2.53. The highest BCUT2D eigenvalue weighted by molar-refractivity contribution is 5.25. The fraction of sp³-hybridized carbons (Fsp3) is 0.462. The van der Waals surface area contributed by atoms with E-state index in [1.54, 1.807) is 7.05 Å². The van der Waals surface area contributed by atoms with Crippen molar-refractivity contribution in [3.05, 3.63) is 41.2 Å². The zero-order valence-corrected chi connectivity index (χ0v) is 11.1. The standard InChI is InChI=1S/C13H19N5/c1-4-14-12(9-13-15-17-18(3)16-13)11-7-5-6-10(2)8-11/h5-8,12,14H,4,9H2,1-3H3. The fourth-order valence-corrected chi connectivity index (χ4v) is 2.03. The van der Waals surface area contributed by atoms with E-state index in [2.05, 4.69) is 58.8 Å². The summed E-state index contributed by atoms with van der Waals surface area (Å²) >= 11 is 0. The van der Waals surface area contributed by atoms with Crippen LogP contribution in [0.25, 0.3) is 0 Å². The van der Waals surface area contributed by atoms with Crippen LogP contribution < -0.4 is 5.32 Å². The number of aryl methyl sites for hydroxylation is 2. The SMILES string of the molecule is CCNC(Cc1nnn(C)n1)c1cccc(C)c1. The molecule has 0 amide bonds. The molecule has 0 saturated heterocycles. The first kappa shape index (κ1) is 12.7. The summed E-state index contributed by atoms with van der Waals surface area (Å²) in [6.45, 7) is 5.12. The van der Waals surface area contributed by atoms with Crippen LogP contribution in [0.15, 0.2) is 24.3 Å². The van der Waals surface area contributed by atoms with E-state index in [1.165, 1.54) is 15.9 Å². The summed E-state index contributed by atoms with van der Waals surface area (Å²) in [6, 6.07) is 8.76. The molecule has 1 atom stereocenters. The Morgan fingerprint density at radius 1 is 1.39 bits per heavy atom. The molecule has 0 aliphatic rings. The van der Waals surface area contributed by atoms with Crippen LogP contribution in [-0.4, -0.2) is 26.8 Å². The van der Waals surface area contributed by atoms with Gasteiger partial charge >= 0.3 is 0 Å². The number of nitrogens with one attached hydrogen (secondary N) is 1. The van der Waals surface area contributed by atoms with Crippen LogP contribution in [0.1, 0.15) is 29.9 Å². The number of hydrogen-bond donors (Lipinski definition) is 1. The van der Waals surface area contributed by atoms with Gasteiger partial charge in [-0.05, 0) is 24.2 Å². The molecule has 0 spiro atoms. The van der Waals surface area contributed by atoms with Crippen LogP contribution in [0, 0.1) is 6.92 Å². The van der Waals surface area contributed by atoms with Gasteiger partial charge in [-0.1, -0.05) is 36.8 Å². The molecule has 1 N–H and O–H groups in total. The van der Waals surface area contributed by atoms with Crippen molar-refractivity contribution in [3.63, 3.8) is 0 Å². The lowest BCUT2D eigenvalue weighted by atomic mass is 10.0. The molecule has 0 aliphatic carbocycles. The Kier molecular flexibility index (Phi) is 4.04. The molecular weight excluding hydrogens is 226 g/mol. The van der Waals surface area contributed by atoms with E-state index in [9.17, 15) is 0 Å². The maximum absolute atomic E-state index is 4.24. The van der Waals surface area contributed by atoms with E-state index in [1.807, 2.05) is 0 Å². The van der Waals surface area contributed by atoms with E-state index < -0.39 is 0 Å². The average Bonchev–Trinajstić information content (AvgIpc) is 2.74. The molecule has 0 saturated carbocycles. The smallest absolute Gasteiger partial charge is 0.176 e. The van der Waals surface area contributed by atoms with Crippen molar-refractivity contribution in [3.8, 4) is 0 Å². The molecule has 2 aromatic rings. The second kappa shape index (κ2) is 5.73. The van der Waals surface area contributed by atoms with Gasteiger partial charge < -0.3 is 5.32 Å². The first-order valence-corrected chi connectivity index (χ1v) is 6.22. The monoisotopic (exact) mass is 245 g/mol. The van der Waals surface area contributed by atoms with Crippen LogP contribution in [0.3, 0.4) is 0 Å². The minimum atomic E-state index is 0.235. The molecule has 0 bridgehead atoms. The molecule has 5 nitrogen and oxygen atoms in total. The Balaban J connectivity index is 2.17. The maximum atomic E-state index is 4.24. The quantitative estimate of drug-likeness (QED) is 0.865. The number of likely N-dealkylation sites (N-methyl/N-ethyl adjacent to an activating group) is 1. The predicted octanol–water partition coefficient (Wildman–Crippen LogP) is 1.41.